The highest BCUT2D eigenvalue weighted by Gasteiger charge is 2.30. The van der Waals surface area contributed by atoms with Gasteiger partial charge >= 0.3 is 5.97 Å². The minimum atomic E-state index is -0.590. The molecule has 0 spiro atoms. The van der Waals surface area contributed by atoms with Gasteiger partial charge in [0, 0.05) is 23.7 Å². The molecule has 1 atom stereocenters. The van der Waals surface area contributed by atoms with Crippen molar-refractivity contribution in [1.82, 2.24) is 19.5 Å². The van der Waals surface area contributed by atoms with Crippen molar-refractivity contribution in [3.63, 3.8) is 0 Å². The number of hydrogen-bond acceptors (Lipinski definition) is 7. The Labute approximate surface area is 210 Å². The lowest BCUT2D eigenvalue weighted by molar-refractivity contribution is 0.0587. The van der Waals surface area contributed by atoms with E-state index in [1.54, 1.807) is 0 Å². The maximum atomic E-state index is 12.5. The van der Waals surface area contributed by atoms with Gasteiger partial charge in [0.1, 0.15) is 11.2 Å². The van der Waals surface area contributed by atoms with Crippen LogP contribution in [-0.4, -0.2) is 58.4 Å². The van der Waals surface area contributed by atoms with Gasteiger partial charge in [-0.3, -0.25) is 0 Å². The van der Waals surface area contributed by atoms with E-state index in [9.17, 15) is 4.79 Å². The van der Waals surface area contributed by atoms with E-state index in [1.807, 2.05) is 24.3 Å². The number of anilines is 1. The van der Waals surface area contributed by atoms with Crippen LogP contribution in [-0.2, 0) is 16.0 Å². The highest BCUT2D eigenvalue weighted by Crippen LogP contribution is 2.36. The second-order valence-electron chi connectivity index (χ2n) is 9.84. The molecule has 2 fully saturated rings. The highest BCUT2D eigenvalue weighted by molar-refractivity contribution is 6.30. The first-order valence-electron chi connectivity index (χ1n) is 12.4. The summed E-state index contributed by atoms with van der Waals surface area (Å²) in [4.78, 5) is 29.0. The first-order chi connectivity index (χ1) is 16.9. The first kappa shape index (κ1) is 24.0. The minimum Gasteiger partial charge on any atom is -0.463 e. The fourth-order valence-electron chi connectivity index (χ4n) is 5.23. The summed E-state index contributed by atoms with van der Waals surface area (Å²) in [6, 6.07) is 7.70. The third kappa shape index (κ3) is 4.86. The van der Waals surface area contributed by atoms with Gasteiger partial charge in [0.15, 0.2) is 5.65 Å². The molecule has 8 nitrogen and oxygen atoms in total. The number of benzene rings is 1. The van der Waals surface area contributed by atoms with Gasteiger partial charge in [-0.1, -0.05) is 43.5 Å². The zero-order chi connectivity index (χ0) is 24.5. The van der Waals surface area contributed by atoms with Gasteiger partial charge in [-0.25, -0.2) is 14.8 Å². The molecule has 1 saturated carbocycles. The number of aromatic nitrogens is 4. The van der Waals surface area contributed by atoms with E-state index in [1.165, 1.54) is 32.8 Å². The van der Waals surface area contributed by atoms with Crippen LogP contribution in [0, 0.1) is 11.8 Å². The molecule has 3 aromatic rings. The van der Waals surface area contributed by atoms with E-state index in [4.69, 9.17) is 26.1 Å². The minimum absolute atomic E-state index is 0.00677. The van der Waals surface area contributed by atoms with Crippen LogP contribution in [0.15, 0.2) is 24.3 Å². The normalized spacial score (nSPS) is 23.0. The standard InChI is InChI=1S/C26H32ClN5O3/c1-16-7-9-18(10-8-16)14-32-22-21(19-5-4-6-20(27)13-19)28-24(25(33)34-3)29-23(22)30-26(32)31-11-12-35-15-17(31)2/h4-6,13,16-18H,7-12,14-15H2,1-3H3/t16-,17-,18-/m1/s1. The molecule has 3 heterocycles. The molecule has 2 aromatic heterocycles. The van der Waals surface area contributed by atoms with Crippen LogP contribution in [0.1, 0.15) is 50.1 Å². The van der Waals surface area contributed by atoms with Gasteiger partial charge in [0.2, 0.25) is 11.8 Å². The Balaban J connectivity index is 1.72. The van der Waals surface area contributed by atoms with Crippen LogP contribution in [0.2, 0.25) is 5.02 Å². The maximum Gasteiger partial charge on any atom is 0.376 e. The number of imidazole rings is 1. The van der Waals surface area contributed by atoms with Crippen LogP contribution in [0.3, 0.4) is 0 Å². The largest absolute Gasteiger partial charge is 0.463 e. The van der Waals surface area contributed by atoms with Crippen molar-refractivity contribution in [2.24, 2.45) is 11.8 Å². The molecule has 0 unspecified atom stereocenters. The summed E-state index contributed by atoms with van der Waals surface area (Å²) in [5, 5.41) is 0.600. The molecular formula is C26H32ClN5O3. The van der Waals surface area contributed by atoms with Crippen molar-refractivity contribution in [3.05, 3.63) is 35.1 Å². The van der Waals surface area contributed by atoms with Gasteiger partial charge in [0.25, 0.3) is 0 Å². The number of carbonyl (C=O) groups excluding carboxylic acids is 1. The van der Waals surface area contributed by atoms with Crippen LogP contribution in [0.5, 0.6) is 0 Å². The fourth-order valence-corrected chi connectivity index (χ4v) is 5.42. The Morgan fingerprint density at radius 1 is 1.17 bits per heavy atom. The zero-order valence-corrected chi connectivity index (χ0v) is 21.3. The molecule has 9 heteroatoms. The number of morpholine rings is 1. The highest BCUT2D eigenvalue weighted by atomic mass is 35.5. The van der Waals surface area contributed by atoms with Gasteiger partial charge in [-0.05, 0) is 43.7 Å². The molecule has 1 saturated heterocycles. The molecule has 35 heavy (non-hydrogen) atoms. The van der Waals surface area contributed by atoms with Crippen LogP contribution >= 0.6 is 11.6 Å². The second-order valence-corrected chi connectivity index (χ2v) is 10.3. The van der Waals surface area contributed by atoms with E-state index < -0.39 is 5.97 Å². The average Bonchev–Trinajstić information content (AvgIpc) is 3.22. The van der Waals surface area contributed by atoms with Crippen LogP contribution in [0.4, 0.5) is 5.95 Å². The summed E-state index contributed by atoms with van der Waals surface area (Å²) < 4.78 is 12.9. The SMILES string of the molecule is COC(=O)c1nc(-c2cccc(Cl)c2)c2c(n1)nc(N1CCOC[C@H]1C)n2C[C@H]1CC[C@H](C)CC1. The van der Waals surface area contributed by atoms with Gasteiger partial charge in [-0.15, -0.1) is 0 Å². The number of ether oxygens (including phenoxy) is 2. The van der Waals surface area contributed by atoms with Crippen LogP contribution < -0.4 is 4.90 Å². The molecule has 2 aliphatic rings. The molecule has 0 amide bonds. The number of hydrogen-bond donors (Lipinski definition) is 0. The summed E-state index contributed by atoms with van der Waals surface area (Å²) in [6.45, 7) is 7.35. The Bertz CT molecular complexity index is 1220. The zero-order valence-electron chi connectivity index (χ0n) is 20.5. The van der Waals surface area contributed by atoms with Crippen molar-refractivity contribution in [2.75, 3.05) is 31.8 Å². The van der Waals surface area contributed by atoms with E-state index in [0.29, 0.717) is 35.5 Å². The maximum absolute atomic E-state index is 12.5. The fraction of sp³-hybridized carbons (Fsp3) is 0.538. The molecule has 0 bridgehead atoms. The Morgan fingerprint density at radius 2 is 1.97 bits per heavy atom. The molecule has 1 aliphatic carbocycles. The quantitative estimate of drug-likeness (QED) is 0.459. The number of methoxy groups -OCH3 is 1. The monoisotopic (exact) mass is 497 g/mol. The molecular weight excluding hydrogens is 466 g/mol. The Hall–Kier alpha value is -2.71. The number of fused-ring (bicyclic) bond motifs is 1. The third-order valence-electron chi connectivity index (χ3n) is 7.25. The molecule has 0 radical (unpaired) electrons. The Morgan fingerprint density at radius 3 is 2.69 bits per heavy atom. The number of carbonyl (C=O) groups is 1. The lowest BCUT2D eigenvalue weighted by Crippen LogP contribution is -2.45. The smallest absolute Gasteiger partial charge is 0.376 e. The van der Waals surface area contributed by atoms with Crippen molar-refractivity contribution >= 4 is 34.7 Å². The number of esters is 1. The molecule has 1 aromatic carbocycles. The van der Waals surface area contributed by atoms with Crippen molar-refractivity contribution in [3.8, 4) is 11.3 Å². The molecule has 0 N–H and O–H groups in total. The summed E-state index contributed by atoms with van der Waals surface area (Å²) >= 11 is 6.35. The van der Waals surface area contributed by atoms with Gasteiger partial charge in [0.05, 0.1) is 26.4 Å². The lowest BCUT2D eigenvalue weighted by Gasteiger charge is -2.35. The molecule has 186 valence electrons. The number of nitrogens with zero attached hydrogens (tertiary/aromatic N) is 5. The third-order valence-corrected chi connectivity index (χ3v) is 7.48. The summed E-state index contributed by atoms with van der Waals surface area (Å²) in [7, 11) is 1.33. The van der Waals surface area contributed by atoms with Crippen molar-refractivity contribution in [2.45, 2.75) is 52.1 Å². The summed E-state index contributed by atoms with van der Waals surface area (Å²) in [6.07, 6.45) is 4.86. The van der Waals surface area contributed by atoms with E-state index in [0.717, 1.165) is 36.0 Å². The topological polar surface area (TPSA) is 82.4 Å². The lowest BCUT2D eigenvalue weighted by atomic mass is 9.83. The summed E-state index contributed by atoms with van der Waals surface area (Å²) in [5.74, 6) is 1.58. The van der Waals surface area contributed by atoms with Gasteiger partial charge in [-0.2, -0.15) is 4.98 Å². The van der Waals surface area contributed by atoms with Crippen molar-refractivity contribution < 1.29 is 14.3 Å². The summed E-state index contributed by atoms with van der Waals surface area (Å²) in [5.41, 5.74) is 2.78. The Kier molecular flexibility index (Phi) is 6.93. The van der Waals surface area contributed by atoms with E-state index in [2.05, 4.69) is 33.3 Å². The average molecular weight is 498 g/mol. The van der Waals surface area contributed by atoms with Crippen LogP contribution in [0.25, 0.3) is 22.4 Å². The predicted molar refractivity (Wildman–Crippen MR) is 136 cm³/mol. The van der Waals surface area contributed by atoms with E-state index in [-0.39, 0.29) is 11.9 Å². The predicted octanol–water partition coefficient (Wildman–Crippen LogP) is 4.98. The van der Waals surface area contributed by atoms with Gasteiger partial charge < -0.3 is 18.9 Å². The van der Waals surface area contributed by atoms with E-state index >= 15 is 0 Å². The second kappa shape index (κ2) is 10.1. The first-order valence-corrected chi connectivity index (χ1v) is 12.8. The van der Waals surface area contributed by atoms with Crippen molar-refractivity contribution in [1.29, 1.82) is 0 Å². The number of halogens is 1. The number of rotatable bonds is 5. The molecule has 1 aliphatic heterocycles. The molecule has 5 rings (SSSR count).